The van der Waals surface area contributed by atoms with Crippen LogP contribution in [-0.4, -0.2) is 25.7 Å². The lowest BCUT2D eigenvalue weighted by Gasteiger charge is -2.15. The van der Waals surface area contributed by atoms with E-state index >= 15 is 0 Å². The van der Waals surface area contributed by atoms with Crippen LogP contribution in [0.15, 0.2) is 23.1 Å². The summed E-state index contributed by atoms with van der Waals surface area (Å²) in [7, 11) is -4.18. The molecule has 1 aromatic rings. The van der Waals surface area contributed by atoms with E-state index in [1.807, 2.05) is 0 Å². The van der Waals surface area contributed by atoms with E-state index in [0.29, 0.717) is 25.0 Å². The molecule has 0 aromatic heterocycles. The predicted molar refractivity (Wildman–Crippen MR) is 85.0 cm³/mol. The van der Waals surface area contributed by atoms with Crippen LogP contribution in [0.1, 0.15) is 42.1 Å². The first-order chi connectivity index (χ1) is 12.0. The average Bonchev–Trinajstić information content (AvgIpc) is 3.38. The Hall–Kier alpha value is -2.21. The SMILES string of the molecule is CCCS(=O)(=O)c1cc(C(F)(F)F)ccc1C(=O)C(C#N)C(=O)C1CC1. The number of hydrogen-bond donors (Lipinski definition) is 0. The van der Waals surface area contributed by atoms with Gasteiger partial charge >= 0.3 is 6.18 Å². The van der Waals surface area contributed by atoms with Gasteiger partial charge in [-0.05, 0) is 37.5 Å². The topological polar surface area (TPSA) is 92.1 Å². The van der Waals surface area contributed by atoms with Crippen LogP contribution in [0, 0.1) is 23.2 Å². The van der Waals surface area contributed by atoms with E-state index in [-0.39, 0.29) is 6.42 Å². The molecular formula is C17H16F3NO4S. The number of alkyl halides is 3. The van der Waals surface area contributed by atoms with Gasteiger partial charge in [0.2, 0.25) is 0 Å². The van der Waals surface area contributed by atoms with Crippen LogP contribution in [0.2, 0.25) is 0 Å². The Morgan fingerprint density at radius 2 is 1.92 bits per heavy atom. The number of ketones is 2. The number of hydrogen-bond acceptors (Lipinski definition) is 5. The van der Waals surface area contributed by atoms with E-state index in [2.05, 4.69) is 0 Å². The van der Waals surface area contributed by atoms with Crippen molar-refractivity contribution in [2.45, 2.75) is 37.3 Å². The molecule has 1 fully saturated rings. The highest BCUT2D eigenvalue weighted by Crippen LogP contribution is 2.35. The summed E-state index contributed by atoms with van der Waals surface area (Å²) >= 11 is 0. The maximum absolute atomic E-state index is 13.0. The van der Waals surface area contributed by atoms with Gasteiger partial charge in [-0.15, -0.1) is 0 Å². The molecule has 0 heterocycles. The van der Waals surface area contributed by atoms with Gasteiger partial charge in [0.1, 0.15) is 0 Å². The van der Waals surface area contributed by atoms with Gasteiger partial charge in [0.05, 0.1) is 22.3 Å². The molecule has 1 aromatic carbocycles. The number of rotatable bonds is 7. The van der Waals surface area contributed by atoms with E-state index in [1.54, 1.807) is 6.07 Å². The minimum absolute atomic E-state index is 0.134. The zero-order chi connectivity index (χ0) is 19.7. The summed E-state index contributed by atoms with van der Waals surface area (Å²) in [6.45, 7) is 1.53. The Morgan fingerprint density at radius 3 is 2.38 bits per heavy atom. The van der Waals surface area contributed by atoms with Crippen LogP contribution >= 0.6 is 0 Å². The van der Waals surface area contributed by atoms with Crippen molar-refractivity contribution >= 4 is 21.4 Å². The molecule has 0 bridgehead atoms. The highest BCUT2D eigenvalue weighted by Gasteiger charge is 2.41. The fourth-order valence-electron chi connectivity index (χ4n) is 2.55. The van der Waals surface area contributed by atoms with Gasteiger partial charge in [-0.2, -0.15) is 18.4 Å². The molecule has 1 aliphatic rings. The van der Waals surface area contributed by atoms with Gasteiger partial charge in [0, 0.05) is 11.5 Å². The summed E-state index contributed by atoms with van der Waals surface area (Å²) in [5.41, 5.74) is -1.77. The first-order valence-corrected chi connectivity index (χ1v) is 9.59. The quantitative estimate of drug-likeness (QED) is 0.529. The second-order valence-corrected chi connectivity index (χ2v) is 8.21. The first kappa shape index (κ1) is 20.1. The largest absolute Gasteiger partial charge is 0.416 e. The van der Waals surface area contributed by atoms with Crippen molar-refractivity contribution in [1.29, 1.82) is 5.26 Å². The van der Waals surface area contributed by atoms with Gasteiger partial charge in [-0.25, -0.2) is 8.42 Å². The number of carbonyl (C=O) groups is 2. The fourth-order valence-corrected chi connectivity index (χ4v) is 4.12. The van der Waals surface area contributed by atoms with Crippen LogP contribution in [0.25, 0.3) is 0 Å². The van der Waals surface area contributed by atoms with E-state index in [9.17, 15) is 31.2 Å². The number of nitriles is 1. The molecule has 0 amide bonds. The molecule has 1 saturated carbocycles. The van der Waals surface area contributed by atoms with Crippen molar-refractivity contribution in [1.82, 2.24) is 0 Å². The number of nitrogens with zero attached hydrogens (tertiary/aromatic N) is 1. The van der Waals surface area contributed by atoms with Crippen molar-refractivity contribution in [3.8, 4) is 6.07 Å². The molecule has 1 unspecified atom stereocenters. The van der Waals surface area contributed by atoms with Gasteiger partial charge in [0.25, 0.3) is 0 Å². The van der Waals surface area contributed by atoms with Gasteiger partial charge in [-0.1, -0.05) is 6.92 Å². The molecule has 26 heavy (non-hydrogen) atoms. The third-order valence-electron chi connectivity index (χ3n) is 4.04. The fraction of sp³-hybridized carbons (Fsp3) is 0.471. The van der Waals surface area contributed by atoms with Crippen LogP contribution < -0.4 is 0 Å². The number of benzene rings is 1. The molecule has 2 rings (SSSR count). The molecule has 5 nitrogen and oxygen atoms in total. The smallest absolute Gasteiger partial charge is 0.297 e. The molecule has 0 saturated heterocycles. The van der Waals surface area contributed by atoms with Crippen molar-refractivity contribution in [3.63, 3.8) is 0 Å². The molecule has 9 heteroatoms. The summed E-state index contributed by atoms with van der Waals surface area (Å²) in [5.74, 6) is -4.28. The third kappa shape index (κ3) is 4.12. The first-order valence-electron chi connectivity index (χ1n) is 7.94. The van der Waals surface area contributed by atoms with Crippen molar-refractivity contribution in [3.05, 3.63) is 29.3 Å². The summed E-state index contributed by atoms with van der Waals surface area (Å²) in [5, 5.41) is 9.16. The summed E-state index contributed by atoms with van der Waals surface area (Å²) in [4.78, 5) is 23.9. The molecule has 0 N–H and O–H groups in total. The molecule has 140 valence electrons. The molecule has 0 spiro atoms. The van der Waals surface area contributed by atoms with E-state index in [4.69, 9.17) is 5.26 Å². The van der Waals surface area contributed by atoms with Gasteiger partial charge in [0.15, 0.2) is 27.3 Å². The number of Topliss-reactive ketones (excluding diaryl/α,β-unsaturated/α-hetero) is 2. The highest BCUT2D eigenvalue weighted by molar-refractivity contribution is 7.91. The summed E-state index contributed by atoms with van der Waals surface area (Å²) in [6.07, 6.45) is -3.58. The molecular weight excluding hydrogens is 371 g/mol. The molecule has 1 aliphatic carbocycles. The van der Waals surface area contributed by atoms with E-state index < -0.39 is 61.2 Å². The molecule has 1 atom stereocenters. The minimum Gasteiger partial charge on any atom is -0.297 e. The van der Waals surface area contributed by atoms with Crippen molar-refractivity contribution < 1.29 is 31.2 Å². The lowest BCUT2D eigenvalue weighted by Crippen LogP contribution is -2.26. The van der Waals surface area contributed by atoms with Gasteiger partial charge in [-0.3, -0.25) is 9.59 Å². The normalized spacial score (nSPS) is 16.0. The molecule has 0 aliphatic heterocycles. The van der Waals surface area contributed by atoms with Crippen LogP contribution in [0.4, 0.5) is 13.2 Å². The predicted octanol–water partition coefficient (Wildman–Crippen LogP) is 3.19. The Labute approximate surface area is 148 Å². The number of carbonyl (C=O) groups excluding carboxylic acids is 2. The zero-order valence-electron chi connectivity index (χ0n) is 13.8. The van der Waals surface area contributed by atoms with E-state index in [0.717, 1.165) is 6.07 Å². The maximum atomic E-state index is 13.0. The van der Waals surface area contributed by atoms with Gasteiger partial charge < -0.3 is 0 Å². The maximum Gasteiger partial charge on any atom is 0.416 e. The second-order valence-electron chi connectivity index (χ2n) is 6.13. The van der Waals surface area contributed by atoms with Crippen LogP contribution in [0.5, 0.6) is 0 Å². The van der Waals surface area contributed by atoms with Crippen molar-refractivity contribution in [2.24, 2.45) is 11.8 Å². The summed E-state index contributed by atoms with van der Waals surface area (Å²) < 4.78 is 63.6. The molecule has 0 radical (unpaired) electrons. The lowest BCUT2D eigenvalue weighted by molar-refractivity contribution is -0.137. The number of halogens is 3. The third-order valence-corrected chi connectivity index (χ3v) is 5.99. The minimum atomic E-state index is -4.80. The highest BCUT2D eigenvalue weighted by atomic mass is 32.2. The van der Waals surface area contributed by atoms with Crippen LogP contribution in [-0.2, 0) is 20.8 Å². The Kier molecular flexibility index (Phi) is 5.56. The van der Waals surface area contributed by atoms with Crippen molar-refractivity contribution in [2.75, 3.05) is 5.75 Å². The number of sulfone groups is 1. The second kappa shape index (κ2) is 7.19. The van der Waals surface area contributed by atoms with Crippen LogP contribution in [0.3, 0.4) is 0 Å². The Morgan fingerprint density at radius 1 is 1.31 bits per heavy atom. The zero-order valence-corrected chi connectivity index (χ0v) is 14.7. The van der Waals surface area contributed by atoms with E-state index in [1.165, 1.54) is 6.92 Å². The average molecular weight is 387 g/mol. The monoisotopic (exact) mass is 387 g/mol. The standard InChI is InChI=1S/C17H16F3NO4S/c1-2-7-26(24,25)14-8-11(17(18,19)20)5-6-12(14)16(23)13(9-21)15(22)10-3-4-10/h5-6,8,10,13H,2-4,7H2,1H3. The lowest BCUT2D eigenvalue weighted by atomic mass is 9.92. The Bertz CT molecular complexity index is 880. The summed E-state index contributed by atoms with van der Waals surface area (Å²) in [6, 6.07) is 3.27. The Balaban J connectivity index is 2.58.